The predicted octanol–water partition coefficient (Wildman–Crippen LogP) is 5.12. The van der Waals surface area contributed by atoms with Crippen LogP contribution >= 0.6 is 0 Å². The Kier molecular flexibility index (Phi) is 3.36. The summed E-state index contributed by atoms with van der Waals surface area (Å²) in [6.07, 6.45) is 9.84. The van der Waals surface area contributed by atoms with Gasteiger partial charge in [-0.3, -0.25) is 4.79 Å². The monoisotopic (exact) mass is 317 g/mol. The van der Waals surface area contributed by atoms with Crippen LogP contribution in [0.3, 0.4) is 0 Å². The van der Waals surface area contributed by atoms with E-state index in [0.29, 0.717) is 28.4 Å². The maximum atomic E-state index is 12.5. The zero-order chi connectivity index (χ0) is 16.5. The molecule has 0 aliphatic heterocycles. The van der Waals surface area contributed by atoms with Gasteiger partial charge in [-0.05, 0) is 80.0 Å². The maximum Gasteiger partial charge on any atom is 0.139 e. The molecule has 0 saturated heterocycles. The zero-order valence-electron chi connectivity index (χ0n) is 14.9. The molecular weight excluding hydrogens is 286 g/mol. The normalized spacial score (nSPS) is 55.7. The van der Waals surface area contributed by atoms with Crippen LogP contribution in [0.4, 0.5) is 0 Å². The van der Waals surface area contributed by atoms with E-state index in [1.54, 1.807) is 0 Å². The standard InChI is InChI=1S/C20H31NO2/c1-18-10-7-14(21-23)12-13(18)6-9-19(2)15-4-5-17(22)20(15,3)11-8-16(18)19/h13-16H,4-12H2,1-3H3/t13-,14?,15-,16+,18-,19-,20-/m0/s1. The third kappa shape index (κ3) is 1.91. The predicted molar refractivity (Wildman–Crippen MR) is 90.9 cm³/mol. The molecule has 4 saturated carbocycles. The van der Waals surface area contributed by atoms with Crippen LogP contribution < -0.4 is 0 Å². The lowest BCUT2D eigenvalue weighted by Crippen LogP contribution is -2.58. The van der Waals surface area contributed by atoms with Gasteiger partial charge in [-0.15, -0.1) is 0 Å². The summed E-state index contributed by atoms with van der Waals surface area (Å²) in [5, 5.41) is 3.37. The maximum absolute atomic E-state index is 12.5. The number of Topliss-reactive ketones (excluding diaryl/α,β-unsaturated/α-hetero) is 1. The van der Waals surface area contributed by atoms with Crippen LogP contribution in [-0.4, -0.2) is 11.8 Å². The molecular formula is C20H31NO2. The number of rotatable bonds is 1. The quantitative estimate of drug-likeness (QED) is 0.630. The zero-order valence-corrected chi connectivity index (χ0v) is 14.9. The summed E-state index contributed by atoms with van der Waals surface area (Å²) in [5.74, 6) is 2.51. The molecule has 0 radical (unpaired) electrons. The number of ketones is 1. The fraction of sp³-hybridized carbons (Fsp3) is 0.950. The molecule has 3 nitrogen and oxygen atoms in total. The Morgan fingerprint density at radius 2 is 1.65 bits per heavy atom. The summed E-state index contributed by atoms with van der Waals surface area (Å²) >= 11 is 0. The highest BCUT2D eigenvalue weighted by atomic mass is 16.3. The average Bonchev–Trinajstić information content (AvgIpc) is 2.83. The third-order valence-electron chi connectivity index (χ3n) is 9.09. The van der Waals surface area contributed by atoms with Gasteiger partial charge in [0.25, 0.3) is 0 Å². The highest BCUT2D eigenvalue weighted by Gasteiger charge is 2.65. The lowest BCUT2D eigenvalue weighted by molar-refractivity contribution is -0.166. The first-order valence-corrected chi connectivity index (χ1v) is 9.70. The molecule has 128 valence electrons. The van der Waals surface area contributed by atoms with Gasteiger partial charge >= 0.3 is 0 Å². The molecule has 0 heterocycles. The molecule has 0 spiro atoms. The van der Waals surface area contributed by atoms with Gasteiger partial charge in [0.15, 0.2) is 0 Å². The number of carbonyl (C=O) groups excluding carboxylic acids is 1. The number of hydrogen-bond donors (Lipinski definition) is 0. The van der Waals surface area contributed by atoms with Gasteiger partial charge in [-0.25, -0.2) is 0 Å². The van der Waals surface area contributed by atoms with Crippen molar-refractivity contribution in [1.29, 1.82) is 0 Å². The van der Waals surface area contributed by atoms with Crippen LogP contribution in [0.15, 0.2) is 5.18 Å². The largest absolute Gasteiger partial charge is 0.299 e. The molecule has 0 amide bonds. The number of nitrogens with zero attached hydrogens (tertiary/aromatic N) is 1. The van der Waals surface area contributed by atoms with Crippen molar-refractivity contribution in [1.82, 2.24) is 0 Å². The van der Waals surface area contributed by atoms with Gasteiger partial charge in [-0.1, -0.05) is 25.9 Å². The molecule has 0 aromatic rings. The molecule has 4 fully saturated rings. The van der Waals surface area contributed by atoms with E-state index in [4.69, 9.17) is 0 Å². The van der Waals surface area contributed by atoms with E-state index < -0.39 is 0 Å². The average molecular weight is 317 g/mol. The third-order valence-corrected chi connectivity index (χ3v) is 9.09. The Morgan fingerprint density at radius 3 is 2.39 bits per heavy atom. The fourth-order valence-corrected chi connectivity index (χ4v) is 7.78. The van der Waals surface area contributed by atoms with Gasteiger partial charge in [0.2, 0.25) is 0 Å². The van der Waals surface area contributed by atoms with Crippen LogP contribution in [0.1, 0.15) is 78.6 Å². The molecule has 1 unspecified atom stereocenters. The first-order chi connectivity index (χ1) is 10.8. The van der Waals surface area contributed by atoms with E-state index in [1.807, 2.05) is 0 Å². The Hall–Kier alpha value is -0.730. The molecule has 7 atom stereocenters. The van der Waals surface area contributed by atoms with Crippen LogP contribution in [0.2, 0.25) is 0 Å². The first-order valence-electron chi connectivity index (χ1n) is 9.70. The van der Waals surface area contributed by atoms with Crippen molar-refractivity contribution in [3.63, 3.8) is 0 Å². The number of fused-ring (bicyclic) bond motifs is 5. The van der Waals surface area contributed by atoms with Crippen molar-refractivity contribution in [3.05, 3.63) is 4.91 Å². The summed E-state index contributed by atoms with van der Waals surface area (Å²) in [6, 6.07) is 0.0549. The van der Waals surface area contributed by atoms with Gasteiger partial charge in [0.05, 0.1) is 6.04 Å². The Balaban J connectivity index is 1.68. The van der Waals surface area contributed by atoms with Gasteiger partial charge < -0.3 is 0 Å². The SMILES string of the molecule is C[C@]12CCC(N=O)C[C@@H]1CC[C@]1(C)[C@@H]2CC[C@]2(C)C(=O)CC[C@@H]12. The highest BCUT2D eigenvalue weighted by Crippen LogP contribution is 2.70. The molecule has 0 aromatic carbocycles. The van der Waals surface area contributed by atoms with E-state index in [9.17, 15) is 9.70 Å². The molecule has 0 bridgehead atoms. The van der Waals surface area contributed by atoms with E-state index in [-0.39, 0.29) is 11.5 Å². The summed E-state index contributed by atoms with van der Waals surface area (Å²) in [4.78, 5) is 23.6. The summed E-state index contributed by atoms with van der Waals surface area (Å²) in [6.45, 7) is 7.26. The number of hydrogen-bond acceptors (Lipinski definition) is 3. The van der Waals surface area contributed by atoms with Crippen molar-refractivity contribution in [2.45, 2.75) is 84.6 Å². The van der Waals surface area contributed by atoms with Crippen LogP contribution in [0.25, 0.3) is 0 Å². The molecule has 4 aliphatic carbocycles. The van der Waals surface area contributed by atoms with E-state index in [0.717, 1.165) is 44.4 Å². The number of nitroso groups, excluding NO2 is 1. The van der Waals surface area contributed by atoms with E-state index in [2.05, 4.69) is 25.9 Å². The van der Waals surface area contributed by atoms with E-state index in [1.165, 1.54) is 19.3 Å². The first kappa shape index (κ1) is 15.8. The summed E-state index contributed by atoms with van der Waals surface area (Å²) < 4.78 is 0. The topological polar surface area (TPSA) is 46.5 Å². The molecule has 4 rings (SSSR count). The second-order valence-electron chi connectivity index (χ2n) is 9.80. The van der Waals surface area contributed by atoms with Gasteiger partial charge in [0.1, 0.15) is 5.78 Å². The van der Waals surface area contributed by atoms with Gasteiger partial charge in [0, 0.05) is 11.8 Å². The van der Waals surface area contributed by atoms with Crippen LogP contribution in [0, 0.1) is 38.9 Å². The van der Waals surface area contributed by atoms with E-state index >= 15 is 0 Å². The minimum Gasteiger partial charge on any atom is -0.299 e. The lowest BCUT2D eigenvalue weighted by atomic mass is 9.40. The van der Waals surface area contributed by atoms with Crippen molar-refractivity contribution >= 4 is 5.78 Å². The summed E-state index contributed by atoms with van der Waals surface area (Å²) in [7, 11) is 0. The minimum atomic E-state index is -0.0456. The fourth-order valence-electron chi connectivity index (χ4n) is 7.78. The van der Waals surface area contributed by atoms with Crippen molar-refractivity contribution in [2.75, 3.05) is 0 Å². The molecule has 3 heteroatoms. The molecule has 0 aromatic heterocycles. The minimum absolute atomic E-state index is 0.0456. The smallest absolute Gasteiger partial charge is 0.139 e. The Labute approximate surface area is 140 Å². The van der Waals surface area contributed by atoms with Gasteiger partial charge in [-0.2, -0.15) is 4.91 Å². The van der Waals surface area contributed by atoms with Crippen LogP contribution in [-0.2, 0) is 4.79 Å². The lowest BCUT2D eigenvalue weighted by Gasteiger charge is -2.65. The second-order valence-corrected chi connectivity index (χ2v) is 9.80. The number of carbonyl (C=O) groups is 1. The molecule has 4 aliphatic rings. The van der Waals surface area contributed by atoms with Crippen LogP contribution in [0.5, 0.6) is 0 Å². The Morgan fingerprint density at radius 1 is 0.913 bits per heavy atom. The molecule has 0 N–H and O–H groups in total. The second kappa shape index (κ2) is 4.89. The van der Waals surface area contributed by atoms with Crippen molar-refractivity contribution in [3.8, 4) is 0 Å². The van der Waals surface area contributed by atoms with Crippen molar-refractivity contribution in [2.24, 2.45) is 39.2 Å². The molecule has 23 heavy (non-hydrogen) atoms. The highest BCUT2D eigenvalue weighted by molar-refractivity contribution is 5.87. The van der Waals surface area contributed by atoms with Crippen molar-refractivity contribution < 1.29 is 4.79 Å². The summed E-state index contributed by atoms with van der Waals surface area (Å²) in [5.41, 5.74) is 0.642. The Bertz CT molecular complexity index is 546.